The predicted octanol–water partition coefficient (Wildman–Crippen LogP) is 4.02. The number of pyridine rings is 4. The number of nitrogens with zero attached hydrogens (tertiary/aromatic N) is 6. The van der Waals surface area contributed by atoms with Gasteiger partial charge in [-0.25, -0.2) is 9.97 Å². The maximum Gasteiger partial charge on any atom is 0.178 e. The van der Waals surface area contributed by atoms with Gasteiger partial charge in [0.25, 0.3) is 0 Å². The average molecular weight is 390 g/mol. The lowest BCUT2D eigenvalue weighted by molar-refractivity contribution is 1.10. The van der Waals surface area contributed by atoms with Crippen LogP contribution in [0.25, 0.3) is 56.0 Å². The van der Waals surface area contributed by atoms with E-state index < -0.39 is 0 Å². The molecule has 0 unspecified atom stereocenters. The minimum Gasteiger partial charge on any atom is -0.335 e. The first-order valence-electron chi connectivity index (χ1n) is 9.37. The molecule has 0 saturated heterocycles. The number of imidazole rings is 1. The Morgan fingerprint density at radius 2 is 1.53 bits per heavy atom. The third-order valence-corrected chi connectivity index (χ3v) is 5.03. The highest BCUT2D eigenvalue weighted by atomic mass is 15.1. The lowest BCUT2D eigenvalue weighted by Crippen LogP contribution is -1.85. The Labute approximate surface area is 170 Å². The van der Waals surface area contributed by atoms with Crippen molar-refractivity contribution in [2.24, 2.45) is 0 Å². The van der Waals surface area contributed by atoms with Gasteiger partial charge >= 0.3 is 0 Å². The van der Waals surface area contributed by atoms with Crippen molar-refractivity contribution in [1.29, 1.82) is 0 Å². The summed E-state index contributed by atoms with van der Waals surface area (Å²) in [5.74, 6) is 0.650. The second kappa shape index (κ2) is 6.56. The van der Waals surface area contributed by atoms with Crippen LogP contribution in [-0.4, -0.2) is 40.1 Å². The van der Waals surface area contributed by atoms with Gasteiger partial charge in [-0.3, -0.25) is 20.1 Å². The zero-order chi connectivity index (χ0) is 19.9. The molecular weight excluding hydrogens is 376 g/mol. The number of nitrogens with one attached hydrogen (secondary N) is 2. The van der Waals surface area contributed by atoms with E-state index in [0.717, 1.165) is 44.5 Å². The lowest BCUT2D eigenvalue weighted by Gasteiger charge is -2.01. The molecule has 0 amide bonds. The molecule has 0 aromatic carbocycles. The molecule has 0 bridgehead atoms. The standard InChI is InChI=1S/C22H14N8/c1-6-23-7-2-13(1)15-5-10-25-21-19(15)27-22(28-21)20-16-11-17(14-3-8-24-9-4-14)26-12-18(16)29-30-20/h1-12H,(H,29,30)(H,25,27,28). The van der Waals surface area contributed by atoms with Gasteiger partial charge in [-0.05, 0) is 42.0 Å². The number of aromatic amines is 2. The SMILES string of the molecule is c1cc(-c2cc3c(-c4nc5nccc(-c6ccncc6)c5[nH]4)n[nH]c3cn2)ccn1. The maximum atomic E-state index is 4.70. The molecule has 0 radical (unpaired) electrons. The van der Waals surface area contributed by atoms with Crippen LogP contribution in [0.5, 0.6) is 0 Å². The molecule has 0 fully saturated rings. The second-order valence-electron chi connectivity index (χ2n) is 6.80. The van der Waals surface area contributed by atoms with Gasteiger partial charge in [0.15, 0.2) is 11.5 Å². The van der Waals surface area contributed by atoms with Gasteiger partial charge in [0, 0.05) is 47.5 Å². The summed E-state index contributed by atoms with van der Waals surface area (Å²) in [5.41, 5.74) is 6.96. The molecule has 0 aliphatic rings. The summed E-state index contributed by atoms with van der Waals surface area (Å²) in [4.78, 5) is 25.2. The lowest BCUT2D eigenvalue weighted by atomic mass is 10.1. The van der Waals surface area contributed by atoms with Crippen LogP contribution in [0.15, 0.2) is 73.6 Å². The molecule has 30 heavy (non-hydrogen) atoms. The fraction of sp³-hybridized carbons (Fsp3) is 0. The molecule has 0 saturated carbocycles. The minimum atomic E-state index is 0.638. The molecule has 8 heteroatoms. The van der Waals surface area contributed by atoms with Gasteiger partial charge in [-0.1, -0.05) is 0 Å². The number of fused-ring (bicyclic) bond motifs is 2. The third-order valence-electron chi connectivity index (χ3n) is 5.03. The van der Waals surface area contributed by atoms with E-state index in [0.29, 0.717) is 11.5 Å². The number of hydrogen-bond donors (Lipinski definition) is 2. The van der Waals surface area contributed by atoms with Crippen molar-refractivity contribution in [2.45, 2.75) is 0 Å². The van der Waals surface area contributed by atoms with Gasteiger partial charge < -0.3 is 4.98 Å². The van der Waals surface area contributed by atoms with Crippen LogP contribution in [0.4, 0.5) is 0 Å². The summed E-state index contributed by atoms with van der Waals surface area (Å²) >= 11 is 0. The van der Waals surface area contributed by atoms with Crippen molar-refractivity contribution < 1.29 is 0 Å². The fourth-order valence-corrected chi connectivity index (χ4v) is 3.57. The largest absolute Gasteiger partial charge is 0.335 e. The summed E-state index contributed by atoms with van der Waals surface area (Å²) < 4.78 is 0. The maximum absolute atomic E-state index is 4.70. The van der Waals surface area contributed by atoms with Gasteiger partial charge in [0.2, 0.25) is 0 Å². The quantitative estimate of drug-likeness (QED) is 0.472. The highest BCUT2D eigenvalue weighted by Gasteiger charge is 2.16. The van der Waals surface area contributed by atoms with Crippen LogP contribution in [0, 0.1) is 0 Å². The summed E-state index contributed by atoms with van der Waals surface area (Å²) in [6.07, 6.45) is 10.6. The molecule has 142 valence electrons. The topological polar surface area (TPSA) is 109 Å². The van der Waals surface area contributed by atoms with Crippen molar-refractivity contribution in [3.8, 4) is 33.9 Å². The van der Waals surface area contributed by atoms with Crippen LogP contribution in [-0.2, 0) is 0 Å². The highest BCUT2D eigenvalue weighted by Crippen LogP contribution is 2.31. The molecule has 0 spiro atoms. The Morgan fingerprint density at radius 1 is 0.767 bits per heavy atom. The van der Waals surface area contributed by atoms with Crippen LogP contribution < -0.4 is 0 Å². The monoisotopic (exact) mass is 390 g/mol. The molecule has 6 heterocycles. The molecular formula is C22H14N8. The summed E-state index contributed by atoms with van der Waals surface area (Å²) in [7, 11) is 0. The first-order chi connectivity index (χ1) is 14.9. The Bertz CT molecular complexity index is 1490. The van der Waals surface area contributed by atoms with Gasteiger partial charge in [0.1, 0.15) is 5.69 Å². The van der Waals surface area contributed by atoms with Crippen LogP contribution in [0.2, 0.25) is 0 Å². The molecule has 6 aromatic rings. The molecule has 0 aliphatic heterocycles. The van der Waals surface area contributed by atoms with Gasteiger partial charge in [-0.2, -0.15) is 5.10 Å². The predicted molar refractivity (Wildman–Crippen MR) is 113 cm³/mol. The van der Waals surface area contributed by atoms with Crippen molar-refractivity contribution in [3.05, 3.63) is 73.6 Å². The Balaban J connectivity index is 1.52. The van der Waals surface area contributed by atoms with E-state index in [9.17, 15) is 0 Å². The molecule has 2 N–H and O–H groups in total. The normalized spacial score (nSPS) is 11.3. The van der Waals surface area contributed by atoms with Crippen molar-refractivity contribution in [1.82, 2.24) is 40.1 Å². The zero-order valence-corrected chi connectivity index (χ0v) is 15.6. The highest BCUT2D eigenvalue weighted by molar-refractivity contribution is 5.96. The molecule has 6 aromatic heterocycles. The summed E-state index contributed by atoms with van der Waals surface area (Å²) in [5, 5.41) is 8.46. The number of H-pyrrole nitrogens is 2. The Hall–Kier alpha value is -4.46. The van der Waals surface area contributed by atoms with E-state index in [-0.39, 0.29) is 0 Å². The van der Waals surface area contributed by atoms with Gasteiger partial charge in [-0.15, -0.1) is 0 Å². The first-order valence-corrected chi connectivity index (χ1v) is 9.37. The van der Waals surface area contributed by atoms with Crippen molar-refractivity contribution in [3.63, 3.8) is 0 Å². The van der Waals surface area contributed by atoms with Crippen molar-refractivity contribution in [2.75, 3.05) is 0 Å². The summed E-state index contributed by atoms with van der Waals surface area (Å²) in [6.45, 7) is 0. The molecule has 0 aliphatic carbocycles. The number of aromatic nitrogens is 8. The smallest absolute Gasteiger partial charge is 0.178 e. The summed E-state index contributed by atoms with van der Waals surface area (Å²) in [6, 6.07) is 11.8. The van der Waals surface area contributed by atoms with Crippen LogP contribution in [0.1, 0.15) is 0 Å². The minimum absolute atomic E-state index is 0.638. The average Bonchev–Trinajstić information content (AvgIpc) is 3.43. The Kier molecular flexibility index (Phi) is 3.60. The van der Waals surface area contributed by atoms with Gasteiger partial charge in [0.05, 0.1) is 22.9 Å². The third kappa shape index (κ3) is 2.62. The van der Waals surface area contributed by atoms with E-state index in [1.54, 1.807) is 37.2 Å². The van der Waals surface area contributed by atoms with E-state index >= 15 is 0 Å². The molecule has 6 rings (SSSR count). The first kappa shape index (κ1) is 16.5. The molecule has 0 atom stereocenters. The number of hydrogen-bond acceptors (Lipinski definition) is 6. The second-order valence-corrected chi connectivity index (χ2v) is 6.80. The van der Waals surface area contributed by atoms with Crippen LogP contribution in [0.3, 0.4) is 0 Å². The van der Waals surface area contributed by atoms with Crippen molar-refractivity contribution >= 4 is 22.1 Å². The van der Waals surface area contributed by atoms with E-state index in [1.165, 1.54) is 0 Å². The zero-order valence-electron chi connectivity index (χ0n) is 15.6. The van der Waals surface area contributed by atoms with E-state index in [4.69, 9.17) is 4.98 Å². The molecule has 8 nitrogen and oxygen atoms in total. The van der Waals surface area contributed by atoms with Crippen LogP contribution >= 0.6 is 0 Å². The van der Waals surface area contributed by atoms with E-state index in [1.807, 2.05) is 36.4 Å². The number of rotatable bonds is 3. The fourth-order valence-electron chi connectivity index (χ4n) is 3.57. The van der Waals surface area contributed by atoms with E-state index in [2.05, 4.69) is 35.1 Å². The Morgan fingerprint density at radius 3 is 2.33 bits per heavy atom.